The van der Waals surface area contributed by atoms with Crippen molar-refractivity contribution in [2.24, 2.45) is 0 Å². The molecule has 5 rings (SSSR count). The summed E-state index contributed by atoms with van der Waals surface area (Å²) in [7, 11) is 0. The second-order valence-corrected chi connectivity index (χ2v) is 8.56. The molecule has 1 aromatic heterocycles. The Labute approximate surface area is 200 Å². The molecule has 0 saturated carbocycles. The third kappa shape index (κ3) is 3.39. The predicted molar refractivity (Wildman–Crippen MR) is 123 cm³/mol. The van der Waals surface area contributed by atoms with Gasteiger partial charge in [0.1, 0.15) is 22.5 Å². The van der Waals surface area contributed by atoms with E-state index in [0.717, 1.165) is 18.2 Å². The Bertz CT molecular complexity index is 1570. The van der Waals surface area contributed by atoms with E-state index in [1.165, 1.54) is 12.1 Å². The standard InChI is InChI=1S/C24H14Cl2O8/c25-10-2-3-11(13(26)6-10)12-7-18(30)33-17-8-16(29)20-21(31)22(32)23(34-24(20)19(12)17)9-1-4-14(27)15(28)5-9/h1-6,8,12,27-29,32H,7H2. The van der Waals surface area contributed by atoms with Crippen molar-refractivity contribution >= 4 is 40.1 Å². The van der Waals surface area contributed by atoms with Crippen LogP contribution in [0.5, 0.6) is 28.7 Å². The maximum atomic E-state index is 13.1. The van der Waals surface area contributed by atoms with Crippen LogP contribution in [0.1, 0.15) is 23.5 Å². The lowest BCUT2D eigenvalue weighted by atomic mass is 9.85. The monoisotopic (exact) mass is 500 g/mol. The number of aromatic hydroxyl groups is 4. The van der Waals surface area contributed by atoms with Crippen molar-refractivity contribution < 1.29 is 34.4 Å². The van der Waals surface area contributed by atoms with Crippen molar-refractivity contribution in [2.45, 2.75) is 12.3 Å². The number of fused-ring (bicyclic) bond motifs is 3. The normalized spacial score (nSPS) is 15.2. The van der Waals surface area contributed by atoms with Gasteiger partial charge < -0.3 is 29.6 Å². The van der Waals surface area contributed by atoms with Gasteiger partial charge in [0.25, 0.3) is 0 Å². The topological polar surface area (TPSA) is 137 Å². The number of benzene rings is 3. The molecule has 0 saturated heterocycles. The molecule has 10 heteroatoms. The molecule has 0 amide bonds. The minimum absolute atomic E-state index is 0.0365. The average molecular weight is 501 g/mol. The van der Waals surface area contributed by atoms with Crippen LogP contribution in [0, 0.1) is 0 Å². The molecule has 4 aromatic rings. The van der Waals surface area contributed by atoms with Crippen LogP contribution in [-0.2, 0) is 4.79 Å². The fourth-order valence-electron chi connectivity index (χ4n) is 4.09. The largest absolute Gasteiger partial charge is 0.507 e. The van der Waals surface area contributed by atoms with Crippen LogP contribution < -0.4 is 10.2 Å². The lowest BCUT2D eigenvalue weighted by Gasteiger charge is -2.26. The number of carbonyl (C=O) groups excluding carboxylic acids is 1. The number of carbonyl (C=O) groups is 1. The summed E-state index contributed by atoms with van der Waals surface area (Å²) in [6, 6.07) is 9.42. The first-order valence-electron chi connectivity index (χ1n) is 9.89. The van der Waals surface area contributed by atoms with Gasteiger partial charge in [-0.2, -0.15) is 0 Å². The van der Waals surface area contributed by atoms with Crippen LogP contribution in [0.2, 0.25) is 10.0 Å². The smallest absolute Gasteiger partial charge is 0.312 e. The molecule has 2 heterocycles. The lowest BCUT2D eigenvalue weighted by molar-refractivity contribution is -0.135. The second-order valence-electron chi connectivity index (χ2n) is 7.72. The van der Waals surface area contributed by atoms with Crippen molar-refractivity contribution in [3.63, 3.8) is 0 Å². The second kappa shape index (κ2) is 7.86. The average Bonchev–Trinajstić information content (AvgIpc) is 2.77. The zero-order valence-electron chi connectivity index (χ0n) is 17.0. The van der Waals surface area contributed by atoms with Gasteiger partial charge in [-0.1, -0.05) is 29.3 Å². The molecule has 1 atom stereocenters. The Morgan fingerprint density at radius 3 is 2.35 bits per heavy atom. The van der Waals surface area contributed by atoms with Gasteiger partial charge in [-0.25, -0.2) is 0 Å². The van der Waals surface area contributed by atoms with Gasteiger partial charge in [-0.15, -0.1) is 0 Å². The fourth-order valence-corrected chi connectivity index (χ4v) is 4.63. The Morgan fingerprint density at radius 1 is 0.882 bits per heavy atom. The number of esters is 1. The predicted octanol–water partition coefficient (Wildman–Crippen LogP) is 5.03. The first kappa shape index (κ1) is 21.9. The minimum Gasteiger partial charge on any atom is -0.507 e. The van der Waals surface area contributed by atoms with Gasteiger partial charge in [-0.05, 0) is 35.9 Å². The van der Waals surface area contributed by atoms with E-state index in [2.05, 4.69) is 0 Å². The Balaban J connectivity index is 1.87. The molecular weight excluding hydrogens is 487 g/mol. The van der Waals surface area contributed by atoms with Gasteiger partial charge in [0.05, 0.1) is 6.42 Å². The van der Waals surface area contributed by atoms with Crippen molar-refractivity contribution in [3.05, 3.63) is 73.9 Å². The van der Waals surface area contributed by atoms with E-state index in [1.54, 1.807) is 12.1 Å². The van der Waals surface area contributed by atoms with Crippen LogP contribution in [-0.4, -0.2) is 26.4 Å². The van der Waals surface area contributed by atoms with Crippen LogP contribution in [0.3, 0.4) is 0 Å². The summed E-state index contributed by atoms with van der Waals surface area (Å²) in [5.41, 5.74) is -0.225. The molecule has 0 aliphatic carbocycles. The van der Waals surface area contributed by atoms with Gasteiger partial charge in [0, 0.05) is 33.2 Å². The summed E-state index contributed by atoms with van der Waals surface area (Å²) >= 11 is 12.4. The summed E-state index contributed by atoms with van der Waals surface area (Å²) in [5.74, 6) is -3.97. The molecule has 0 fully saturated rings. The van der Waals surface area contributed by atoms with Crippen LogP contribution in [0.4, 0.5) is 0 Å². The molecule has 1 unspecified atom stereocenters. The third-order valence-electron chi connectivity index (χ3n) is 5.64. The summed E-state index contributed by atoms with van der Waals surface area (Å²) in [6.45, 7) is 0. The summed E-state index contributed by atoms with van der Waals surface area (Å²) in [5, 5.41) is 40.9. The van der Waals surface area contributed by atoms with E-state index in [-0.39, 0.29) is 45.0 Å². The van der Waals surface area contributed by atoms with Crippen LogP contribution >= 0.6 is 23.2 Å². The van der Waals surface area contributed by atoms with Crippen molar-refractivity contribution in [1.82, 2.24) is 0 Å². The summed E-state index contributed by atoms with van der Waals surface area (Å²) < 4.78 is 11.2. The molecule has 172 valence electrons. The fraction of sp³-hybridized carbons (Fsp3) is 0.0833. The highest BCUT2D eigenvalue weighted by Crippen LogP contribution is 2.48. The highest BCUT2D eigenvalue weighted by Gasteiger charge is 2.35. The van der Waals surface area contributed by atoms with Gasteiger partial charge in [-0.3, -0.25) is 9.59 Å². The zero-order chi connectivity index (χ0) is 24.3. The number of hydrogen-bond acceptors (Lipinski definition) is 8. The molecule has 8 nitrogen and oxygen atoms in total. The zero-order valence-corrected chi connectivity index (χ0v) is 18.5. The van der Waals surface area contributed by atoms with E-state index in [1.807, 2.05) is 0 Å². The van der Waals surface area contributed by atoms with Crippen LogP contribution in [0.15, 0.2) is 51.7 Å². The van der Waals surface area contributed by atoms with E-state index >= 15 is 0 Å². The quantitative estimate of drug-likeness (QED) is 0.171. The highest BCUT2D eigenvalue weighted by molar-refractivity contribution is 6.35. The first-order valence-corrected chi connectivity index (χ1v) is 10.6. The van der Waals surface area contributed by atoms with Crippen molar-refractivity contribution in [3.8, 4) is 40.1 Å². The molecule has 0 spiro atoms. The lowest BCUT2D eigenvalue weighted by Crippen LogP contribution is -2.22. The Morgan fingerprint density at radius 2 is 1.65 bits per heavy atom. The molecule has 4 N–H and O–H groups in total. The summed E-state index contributed by atoms with van der Waals surface area (Å²) in [6.07, 6.45) is -0.145. The number of halogens is 2. The number of ether oxygens (including phenoxy) is 1. The molecule has 1 aliphatic heterocycles. The minimum atomic E-state index is -0.943. The molecule has 1 aliphatic rings. The van der Waals surface area contributed by atoms with E-state index < -0.39 is 40.3 Å². The number of phenolic OH excluding ortho intramolecular Hbond substituents is 3. The van der Waals surface area contributed by atoms with Crippen molar-refractivity contribution in [1.29, 1.82) is 0 Å². The van der Waals surface area contributed by atoms with Gasteiger partial charge in [0.15, 0.2) is 17.3 Å². The summed E-state index contributed by atoms with van der Waals surface area (Å²) in [4.78, 5) is 25.4. The van der Waals surface area contributed by atoms with E-state index in [0.29, 0.717) is 10.6 Å². The molecule has 34 heavy (non-hydrogen) atoms. The molecule has 3 aromatic carbocycles. The van der Waals surface area contributed by atoms with Crippen molar-refractivity contribution in [2.75, 3.05) is 0 Å². The molecular formula is C24H14Cl2O8. The molecule has 0 radical (unpaired) electrons. The number of phenols is 3. The number of hydrogen-bond donors (Lipinski definition) is 4. The first-order chi connectivity index (χ1) is 16.2. The Kier molecular flexibility index (Phi) is 5.07. The van der Waals surface area contributed by atoms with E-state index in [4.69, 9.17) is 32.4 Å². The van der Waals surface area contributed by atoms with E-state index in [9.17, 15) is 30.0 Å². The maximum absolute atomic E-state index is 13.1. The Hall–Kier alpha value is -3.88. The SMILES string of the molecule is O=C1CC(c2ccc(Cl)cc2Cl)c2c(cc(O)c3c(=O)c(O)c(-c4ccc(O)c(O)c4)oc23)O1. The maximum Gasteiger partial charge on any atom is 0.312 e. The third-order valence-corrected chi connectivity index (χ3v) is 6.20. The highest BCUT2D eigenvalue weighted by atomic mass is 35.5. The van der Waals surface area contributed by atoms with Gasteiger partial charge >= 0.3 is 5.97 Å². The number of rotatable bonds is 2. The molecule has 0 bridgehead atoms. The van der Waals surface area contributed by atoms with Gasteiger partial charge in [0.2, 0.25) is 11.2 Å². The van der Waals surface area contributed by atoms with Crippen LogP contribution in [0.25, 0.3) is 22.3 Å².